The van der Waals surface area contributed by atoms with Crippen LogP contribution < -0.4 is 16.2 Å². The van der Waals surface area contributed by atoms with Crippen LogP contribution in [-0.4, -0.2) is 44.8 Å². The van der Waals surface area contributed by atoms with Crippen molar-refractivity contribution >= 4 is 27.9 Å². The van der Waals surface area contributed by atoms with Gasteiger partial charge in [0, 0.05) is 47.6 Å². The van der Waals surface area contributed by atoms with Crippen LogP contribution >= 0.6 is 0 Å². The van der Waals surface area contributed by atoms with Crippen molar-refractivity contribution in [2.45, 2.75) is 11.8 Å². The molecular formula is C27H24FN7O. The number of H-pyrrole nitrogens is 2. The van der Waals surface area contributed by atoms with Crippen LogP contribution in [0.2, 0.25) is 0 Å². The Bertz CT molecular complexity index is 1700. The van der Waals surface area contributed by atoms with Gasteiger partial charge < -0.3 is 15.6 Å². The van der Waals surface area contributed by atoms with Crippen LogP contribution in [-0.2, 0) is 5.41 Å². The molecule has 8 nitrogen and oxygen atoms in total. The molecule has 5 aromatic rings. The maximum absolute atomic E-state index is 14.7. The van der Waals surface area contributed by atoms with Gasteiger partial charge in [0.1, 0.15) is 17.2 Å². The van der Waals surface area contributed by atoms with Crippen molar-refractivity contribution in [2.75, 3.05) is 24.5 Å². The number of pyridine rings is 1. The lowest BCUT2D eigenvalue weighted by atomic mass is 9.91. The first-order chi connectivity index (χ1) is 17.6. The van der Waals surface area contributed by atoms with Crippen molar-refractivity contribution in [3.8, 4) is 11.3 Å². The molecule has 2 fully saturated rings. The van der Waals surface area contributed by atoms with Gasteiger partial charge in [-0.25, -0.2) is 14.4 Å². The number of halogens is 1. The molecule has 1 saturated heterocycles. The minimum Gasteiger partial charge on any atom is -0.355 e. The van der Waals surface area contributed by atoms with Crippen LogP contribution in [0.15, 0.2) is 65.6 Å². The largest absolute Gasteiger partial charge is 0.355 e. The summed E-state index contributed by atoms with van der Waals surface area (Å²) in [6.45, 7) is 2.00. The number of benzene rings is 2. The van der Waals surface area contributed by atoms with Gasteiger partial charge in [-0.3, -0.25) is 9.89 Å². The van der Waals surface area contributed by atoms with Crippen molar-refractivity contribution in [3.05, 3.63) is 82.5 Å². The molecule has 0 bridgehead atoms. The Morgan fingerprint density at radius 1 is 1.11 bits per heavy atom. The average Bonchev–Trinajstić information content (AvgIpc) is 3.36. The molecule has 180 valence electrons. The SMILES string of the molecule is NC[C@]1(c2ccccc2F)[C@@H]2CCN(c3cnc4c(-c5cccc6[nH]c(=O)ccc56)[nH]nc4n3)C[C@@H]21. The van der Waals surface area contributed by atoms with Crippen LogP contribution in [0.5, 0.6) is 0 Å². The van der Waals surface area contributed by atoms with E-state index in [2.05, 4.69) is 20.1 Å². The Hall–Kier alpha value is -4.11. The number of nitrogens with two attached hydrogens (primary N) is 1. The molecule has 0 radical (unpaired) electrons. The molecule has 7 rings (SSSR count). The average molecular weight is 482 g/mol. The summed E-state index contributed by atoms with van der Waals surface area (Å²) < 4.78 is 14.7. The highest BCUT2D eigenvalue weighted by Gasteiger charge is 2.66. The van der Waals surface area contributed by atoms with Gasteiger partial charge in [0.15, 0.2) is 0 Å². The number of nitrogens with zero attached hydrogens (tertiary/aromatic N) is 4. The summed E-state index contributed by atoms with van der Waals surface area (Å²) in [6.07, 6.45) is 2.71. The number of aromatic nitrogens is 5. The summed E-state index contributed by atoms with van der Waals surface area (Å²) >= 11 is 0. The van der Waals surface area contributed by atoms with Crippen LogP contribution in [0.4, 0.5) is 10.2 Å². The monoisotopic (exact) mass is 481 g/mol. The summed E-state index contributed by atoms with van der Waals surface area (Å²) in [5, 5.41) is 8.43. The first-order valence-corrected chi connectivity index (χ1v) is 12.1. The van der Waals surface area contributed by atoms with E-state index in [9.17, 15) is 9.18 Å². The lowest BCUT2D eigenvalue weighted by Crippen LogP contribution is -2.32. The Morgan fingerprint density at radius 2 is 2.00 bits per heavy atom. The van der Waals surface area contributed by atoms with E-state index >= 15 is 0 Å². The van der Waals surface area contributed by atoms with Gasteiger partial charge in [-0.15, -0.1) is 0 Å². The summed E-state index contributed by atoms with van der Waals surface area (Å²) in [4.78, 5) is 26.4. The fourth-order valence-electron chi connectivity index (χ4n) is 6.37. The van der Waals surface area contributed by atoms with Gasteiger partial charge in [-0.05, 0) is 42.0 Å². The number of hydrogen-bond donors (Lipinski definition) is 3. The number of piperidine rings is 1. The summed E-state index contributed by atoms with van der Waals surface area (Å²) in [7, 11) is 0. The zero-order chi connectivity index (χ0) is 24.4. The quantitative estimate of drug-likeness (QED) is 0.363. The second kappa shape index (κ2) is 7.69. The topological polar surface area (TPSA) is 117 Å². The van der Waals surface area contributed by atoms with Crippen molar-refractivity contribution in [1.82, 2.24) is 25.1 Å². The van der Waals surface area contributed by atoms with Crippen LogP contribution in [0.25, 0.3) is 33.3 Å². The molecule has 0 unspecified atom stereocenters. The third-order valence-corrected chi connectivity index (χ3v) is 8.15. The normalized spacial score (nSPS) is 23.2. The highest BCUT2D eigenvalue weighted by atomic mass is 19.1. The molecule has 2 aromatic carbocycles. The molecule has 1 saturated carbocycles. The van der Waals surface area contributed by atoms with E-state index in [-0.39, 0.29) is 22.7 Å². The van der Waals surface area contributed by atoms with Crippen molar-refractivity contribution < 1.29 is 4.39 Å². The molecule has 0 amide bonds. The second-order valence-corrected chi connectivity index (χ2v) is 9.76. The van der Waals surface area contributed by atoms with E-state index < -0.39 is 0 Å². The zero-order valence-corrected chi connectivity index (χ0v) is 19.4. The van der Waals surface area contributed by atoms with Gasteiger partial charge in [-0.1, -0.05) is 30.3 Å². The fourth-order valence-corrected chi connectivity index (χ4v) is 6.37. The standard InChI is InChI=1S/C27H24FN7O/c28-20-6-2-1-5-18(20)27(14-29)17-10-11-35(13-19(17)27)22-12-30-25-24(33-34-26(25)32-22)16-4-3-7-21-15(16)8-9-23(36)31-21/h1-9,12,17,19H,10-11,13-14,29H2,(H,31,36)(H,32,33,34)/t17-,19+,27-/m1/s1. The van der Waals surface area contributed by atoms with Gasteiger partial charge in [0.25, 0.3) is 0 Å². The highest BCUT2D eigenvalue weighted by Crippen LogP contribution is 2.63. The Kier molecular flexibility index (Phi) is 4.53. The van der Waals surface area contributed by atoms with Gasteiger partial charge in [0.2, 0.25) is 11.2 Å². The van der Waals surface area contributed by atoms with Crippen LogP contribution in [0.1, 0.15) is 12.0 Å². The number of nitrogens with one attached hydrogen (secondary N) is 2. The third-order valence-electron chi connectivity index (χ3n) is 8.15. The van der Waals surface area contributed by atoms with Crippen molar-refractivity contribution in [3.63, 3.8) is 0 Å². The maximum atomic E-state index is 14.7. The number of anilines is 1. The second-order valence-electron chi connectivity index (χ2n) is 9.76. The number of fused-ring (bicyclic) bond motifs is 3. The first kappa shape index (κ1) is 21.2. The van der Waals surface area contributed by atoms with E-state index in [0.717, 1.165) is 53.1 Å². The number of hydrogen-bond acceptors (Lipinski definition) is 6. The van der Waals surface area contributed by atoms with Gasteiger partial charge >= 0.3 is 0 Å². The van der Waals surface area contributed by atoms with E-state index in [0.29, 0.717) is 23.6 Å². The predicted molar refractivity (Wildman–Crippen MR) is 136 cm³/mol. The first-order valence-electron chi connectivity index (χ1n) is 12.1. The molecule has 0 spiro atoms. The molecule has 1 aliphatic carbocycles. The number of aromatic amines is 2. The van der Waals surface area contributed by atoms with Gasteiger partial charge in [0.05, 0.1) is 11.9 Å². The summed E-state index contributed by atoms with van der Waals surface area (Å²) in [5.74, 6) is 1.24. The van der Waals surface area contributed by atoms with E-state index in [1.165, 1.54) is 12.1 Å². The molecule has 4 N–H and O–H groups in total. The minimum absolute atomic E-state index is 0.147. The molecule has 4 heterocycles. The predicted octanol–water partition coefficient (Wildman–Crippen LogP) is 3.35. The molecule has 2 aliphatic rings. The molecule has 3 atom stereocenters. The molecule has 9 heteroatoms. The van der Waals surface area contributed by atoms with Crippen molar-refractivity contribution in [2.24, 2.45) is 17.6 Å². The van der Waals surface area contributed by atoms with E-state index in [1.54, 1.807) is 18.3 Å². The highest BCUT2D eigenvalue weighted by molar-refractivity contribution is 6.00. The summed E-state index contributed by atoms with van der Waals surface area (Å²) in [5.41, 5.74) is 10.1. The van der Waals surface area contributed by atoms with Gasteiger partial charge in [-0.2, -0.15) is 5.10 Å². The molecule has 36 heavy (non-hydrogen) atoms. The Balaban J connectivity index is 1.21. The summed E-state index contributed by atoms with van der Waals surface area (Å²) in [6, 6.07) is 16.1. The van der Waals surface area contributed by atoms with Crippen LogP contribution in [0.3, 0.4) is 0 Å². The zero-order valence-electron chi connectivity index (χ0n) is 19.4. The maximum Gasteiger partial charge on any atom is 0.248 e. The fraction of sp³-hybridized carbons (Fsp3) is 0.259. The Morgan fingerprint density at radius 3 is 2.86 bits per heavy atom. The molecule has 1 aliphatic heterocycles. The Labute approximate surface area is 205 Å². The van der Waals surface area contributed by atoms with E-state index in [1.807, 2.05) is 30.3 Å². The molecule has 3 aromatic heterocycles. The lowest BCUT2D eigenvalue weighted by molar-refractivity contribution is 0.533. The van der Waals surface area contributed by atoms with Crippen LogP contribution in [0, 0.1) is 17.7 Å². The number of rotatable bonds is 4. The minimum atomic E-state index is -0.313. The smallest absolute Gasteiger partial charge is 0.248 e. The van der Waals surface area contributed by atoms with Crippen molar-refractivity contribution in [1.29, 1.82) is 0 Å². The molecular weight excluding hydrogens is 457 g/mol. The van der Waals surface area contributed by atoms with E-state index in [4.69, 9.17) is 15.7 Å². The lowest BCUT2D eigenvalue weighted by Gasteiger charge is -2.26. The third kappa shape index (κ3) is 2.95.